The molecule has 0 bridgehead atoms. The minimum atomic E-state index is -1.76. The van der Waals surface area contributed by atoms with Crippen molar-refractivity contribution < 1.29 is 25.2 Å². The molecule has 1 aliphatic rings. The smallest absolute Gasteiger partial charge is 0.183 e. The van der Waals surface area contributed by atoms with E-state index >= 15 is 0 Å². The van der Waals surface area contributed by atoms with Crippen LogP contribution in [0.4, 0.5) is 0 Å². The Morgan fingerprint density at radius 2 is 1.75 bits per heavy atom. The van der Waals surface area contributed by atoms with Crippen LogP contribution in [0.2, 0.25) is 0 Å². The number of rotatable bonds is 0. The zero-order valence-corrected chi connectivity index (χ0v) is 7.06. The van der Waals surface area contributed by atoms with Gasteiger partial charge in [0.2, 0.25) is 0 Å². The molecule has 4 N–H and O–H groups in total. The van der Waals surface area contributed by atoms with Crippen molar-refractivity contribution in [2.45, 2.75) is 37.4 Å². The first-order valence-electron chi connectivity index (χ1n) is 3.71. The molecule has 1 aliphatic heterocycles. The van der Waals surface area contributed by atoms with Crippen LogP contribution < -0.4 is 0 Å². The molecule has 5 nitrogen and oxygen atoms in total. The highest BCUT2D eigenvalue weighted by Crippen LogP contribution is 2.32. The molecule has 72 valence electrons. The van der Waals surface area contributed by atoms with Gasteiger partial charge in [-0.15, -0.1) is 0 Å². The molecule has 0 aromatic rings. The Balaban J connectivity index is 2.88. The maximum atomic E-state index is 9.60. The van der Waals surface area contributed by atoms with Gasteiger partial charge in [0, 0.05) is 0 Å². The number of hydrogen-bond acceptors (Lipinski definition) is 5. The summed E-state index contributed by atoms with van der Waals surface area (Å²) >= 11 is 0. The lowest BCUT2D eigenvalue weighted by atomic mass is 9.80. The molecular weight excluding hydrogens is 164 g/mol. The third-order valence-corrected chi connectivity index (χ3v) is 2.47. The van der Waals surface area contributed by atoms with E-state index in [-0.39, 0.29) is 6.61 Å². The Labute approximate surface area is 70.2 Å². The van der Waals surface area contributed by atoms with E-state index in [1.165, 1.54) is 13.8 Å². The highest BCUT2D eigenvalue weighted by Gasteiger charge is 2.54. The molecule has 0 aromatic heterocycles. The summed E-state index contributed by atoms with van der Waals surface area (Å²) in [6.07, 6.45) is -2.94. The molecule has 4 atom stereocenters. The molecule has 1 fully saturated rings. The maximum absolute atomic E-state index is 9.60. The standard InChI is InChI=1S/C7H14O5/c1-6(10)3-12-5(9)4(8)7(6,2)11/h4-5,8-11H,3H2,1-2H3/t4-,5?,6-,7+/m0/s1. The van der Waals surface area contributed by atoms with Crippen LogP contribution in [0.15, 0.2) is 0 Å². The number of aliphatic hydroxyl groups is 4. The van der Waals surface area contributed by atoms with Crippen molar-refractivity contribution in [1.82, 2.24) is 0 Å². The Morgan fingerprint density at radius 3 is 2.17 bits per heavy atom. The van der Waals surface area contributed by atoms with E-state index in [1.54, 1.807) is 0 Å². The number of aliphatic hydroxyl groups excluding tert-OH is 2. The molecule has 0 aliphatic carbocycles. The Hall–Kier alpha value is -0.200. The van der Waals surface area contributed by atoms with Crippen LogP contribution in [0.5, 0.6) is 0 Å². The van der Waals surface area contributed by atoms with Crippen molar-refractivity contribution in [1.29, 1.82) is 0 Å². The molecule has 0 amide bonds. The van der Waals surface area contributed by atoms with E-state index in [9.17, 15) is 15.3 Å². The summed E-state index contributed by atoms with van der Waals surface area (Å²) in [6.45, 7) is 2.38. The van der Waals surface area contributed by atoms with E-state index in [2.05, 4.69) is 4.74 Å². The summed E-state index contributed by atoms with van der Waals surface area (Å²) in [6, 6.07) is 0. The average Bonchev–Trinajstić information content (AvgIpc) is 1.96. The number of ether oxygens (including phenoxy) is 1. The summed E-state index contributed by atoms with van der Waals surface area (Å²) in [4.78, 5) is 0. The highest BCUT2D eigenvalue weighted by molar-refractivity contribution is 5.02. The predicted octanol–water partition coefficient (Wildman–Crippen LogP) is -1.80. The van der Waals surface area contributed by atoms with Gasteiger partial charge < -0.3 is 25.2 Å². The lowest BCUT2D eigenvalue weighted by Gasteiger charge is -2.47. The van der Waals surface area contributed by atoms with E-state index in [1.807, 2.05) is 0 Å². The Bertz CT molecular complexity index is 177. The third-order valence-electron chi connectivity index (χ3n) is 2.47. The summed E-state index contributed by atoms with van der Waals surface area (Å²) < 4.78 is 4.64. The SMILES string of the molecule is C[C@]1(O)COC(O)[C@H](O)[C@@]1(C)O. The van der Waals surface area contributed by atoms with E-state index in [4.69, 9.17) is 5.11 Å². The van der Waals surface area contributed by atoms with Gasteiger partial charge in [-0.2, -0.15) is 0 Å². The van der Waals surface area contributed by atoms with Gasteiger partial charge in [0.05, 0.1) is 6.61 Å². The second-order valence-corrected chi connectivity index (χ2v) is 3.57. The zero-order valence-electron chi connectivity index (χ0n) is 7.06. The van der Waals surface area contributed by atoms with Crippen LogP contribution in [0.3, 0.4) is 0 Å². The fourth-order valence-corrected chi connectivity index (χ4v) is 1.08. The van der Waals surface area contributed by atoms with Gasteiger partial charge in [-0.1, -0.05) is 0 Å². The fraction of sp³-hybridized carbons (Fsp3) is 1.00. The lowest BCUT2D eigenvalue weighted by Crippen LogP contribution is -2.67. The van der Waals surface area contributed by atoms with Gasteiger partial charge in [0.15, 0.2) is 6.29 Å². The molecule has 0 saturated carbocycles. The van der Waals surface area contributed by atoms with Gasteiger partial charge in [0.1, 0.15) is 17.3 Å². The first kappa shape index (κ1) is 9.88. The minimum Gasteiger partial charge on any atom is -0.385 e. The van der Waals surface area contributed by atoms with Crippen LogP contribution in [0, 0.1) is 0 Å². The molecule has 0 radical (unpaired) electrons. The Kier molecular flexibility index (Phi) is 2.18. The summed E-state index contributed by atoms with van der Waals surface area (Å²) in [5.41, 5.74) is -3.31. The second-order valence-electron chi connectivity index (χ2n) is 3.57. The van der Waals surface area contributed by atoms with Gasteiger partial charge in [-0.25, -0.2) is 0 Å². The van der Waals surface area contributed by atoms with Gasteiger partial charge in [-0.3, -0.25) is 0 Å². The molecule has 0 spiro atoms. The average molecular weight is 178 g/mol. The molecule has 1 saturated heterocycles. The Morgan fingerprint density at radius 1 is 1.25 bits per heavy atom. The van der Waals surface area contributed by atoms with Crippen molar-refractivity contribution in [3.05, 3.63) is 0 Å². The largest absolute Gasteiger partial charge is 0.385 e. The maximum Gasteiger partial charge on any atom is 0.183 e. The van der Waals surface area contributed by atoms with Crippen molar-refractivity contribution >= 4 is 0 Å². The normalized spacial score (nSPS) is 55.5. The quantitative estimate of drug-likeness (QED) is 0.351. The zero-order chi connectivity index (χ0) is 9.57. The van der Waals surface area contributed by atoms with Crippen molar-refractivity contribution in [3.63, 3.8) is 0 Å². The van der Waals surface area contributed by atoms with Crippen molar-refractivity contribution in [3.8, 4) is 0 Å². The van der Waals surface area contributed by atoms with Crippen LogP contribution in [-0.2, 0) is 4.74 Å². The molecule has 12 heavy (non-hydrogen) atoms. The molecule has 0 aromatic carbocycles. The topological polar surface area (TPSA) is 90.2 Å². The van der Waals surface area contributed by atoms with E-state index in [0.29, 0.717) is 0 Å². The molecule has 1 heterocycles. The number of hydrogen-bond donors (Lipinski definition) is 4. The first-order chi connectivity index (χ1) is 5.29. The second kappa shape index (κ2) is 2.65. The third kappa shape index (κ3) is 1.23. The van der Waals surface area contributed by atoms with Crippen molar-refractivity contribution in [2.75, 3.05) is 6.61 Å². The summed E-state index contributed by atoms with van der Waals surface area (Å²) in [5, 5.41) is 37.4. The van der Waals surface area contributed by atoms with Crippen molar-refractivity contribution in [2.24, 2.45) is 0 Å². The summed E-state index contributed by atoms with van der Waals surface area (Å²) in [7, 11) is 0. The molecular formula is C7H14O5. The molecule has 1 unspecified atom stereocenters. The monoisotopic (exact) mass is 178 g/mol. The van der Waals surface area contributed by atoms with Crippen LogP contribution >= 0.6 is 0 Å². The van der Waals surface area contributed by atoms with Crippen LogP contribution in [0.25, 0.3) is 0 Å². The van der Waals surface area contributed by atoms with Crippen LogP contribution in [-0.4, -0.2) is 50.6 Å². The highest BCUT2D eigenvalue weighted by atomic mass is 16.6. The van der Waals surface area contributed by atoms with E-state index in [0.717, 1.165) is 0 Å². The van der Waals surface area contributed by atoms with Gasteiger partial charge >= 0.3 is 0 Å². The van der Waals surface area contributed by atoms with Crippen LogP contribution in [0.1, 0.15) is 13.8 Å². The van der Waals surface area contributed by atoms with Gasteiger partial charge in [-0.05, 0) is 13.8 Å². The van der Waals surface area contributed by atoms with Gasteiger partial charge in [0.25, 0.3) is 0 Å². The molecule has 5 heteroatoms. The minimum absolute atomic E-state index is 0.210. The molecule has 1 rings (SSSR count). The predicted molar refractivity (Wildman–Crippen MR) is 39.2 cm³/mol. The van der Waals surface area contributed by atoms with E-state index < -0.39 is 23.6 Å². The summed E-state index contributed by atoms with van der Waals surface area (Å²) in [5.74, 6) is 0. The fourth-order valence-electron chi connectivity index (χ4n) is 1.08. The lowest BCUT2D eigenvalue weighted by molar-refractivity contribution is -0.316. The first-order valence-corrected chi connectivity index (χ1v) is 3.71.